The van der Waals surface area contributed by atoms with E-state index in [0.717, 1.165) is 33.6 Å². The van der Waals surface area contributed by atoms with Crippen molar-refractivity contribution in [2.75, 3.05) is 14.2 Å². The normalized spacial score (nSPS) is 14.3. The van der Waals surface area contributed by atoms with Crippen molar-refractivity contribution in [1.82, 2.24) is 0 Å². The lowest BCUT2D eigenvalue weighted by Gasteiger charge is -2.31. The van der Waals surface area contributed by atoms with Gasteiger partial charge in [-0.15, -0.1) is 0 Å². The molecule has 4 rings (SSSR count). The van der Waals surface area contributed by atoms with Crippen LogP contribution in [0.5, 0.6) is 17.2 Å². The molecular formula is C28H22N2O3. The number of rotatable bonds is 5. The first-order chi connectivity index (χ1) is 16.1. The minimum absolute atomic E-state index is 0.00421. The van der Waals surface area contributed by atoms with Crippen molar-refractivity contribution in [1.29, 1.82) is 10.5 Å². The summed E-state index contributed by atoms with van der Waals surface area (Å²) in [6.07, 6.45) is 1.62. The first-order valence-corrected chi connectivity index (χ1v) is 10.4. The molecule has 1 aliphatic rings. The van der Waals surface area contributed by atoms with Gasteiger partial charge in [0.05, 0.1) is 14.2 Å². The molecule has 0 spiro atoms. The van der Waals surface area contributed by atoms with E-state index >= 15 is 0 Å². The lowest BCUT2D eigenvalue weighted by atomic mass is 9.79. The number of hydrogen-bond donors (Lipinski definition) is 0. The molecule has 5 heteroatoms. The Kier molecular flexibility index (Phi) is 6.15. The monoisotopic (exact) mass is 434 g/mol. The third-order valence-corrected chi connectivity index (χ3v) is 5.70. The van der Waals surface area contributed by atoms with E-state index < -0.39 is 0 Å². The lowest BCUT2D eigenvalue weighted by molar-refractivity contribution is 0.354. The third-order valence-electron chi connectivity index (χ3n) is 5.70. The van der Waals surface area contributed by atoms with Gasteiger partial charge >= 0.3 is 0 Å². The van der Waals surface area contributed by atoms with Crippen LogP contribution in [0.2, 0.25) is 0 Å². The van der Waals surface area contributed by atoms with Gasteiger partial charge in [0.15, 0.2) is 11.5 Å². The molecule has 33 heavy (non-hydrogen) atoms. The number of nitrogens with zero attached hydrogens (tertiary/aromatic N) is 2. The van der Waals surface area contributed by atoms with E-state index in [9.17, 15) is 10.5 Å². The highest BCUT2D eigenvalue weighted by Gasteiger charge is 2.32. The number of allylic oxidation sites excluding steroid dienone is 3. The summed E-state index contributed by atoms with van der Waals surface area (Å²) in [5.41, 5.74) is 4.64. The molecule has 0 fully saturated rings. The molecular weight excluding hydrogens is 412 g/mol. The highest BCUT2D eigenvalue weighted by molar-refractivity contribution is 5.77. The van der Waals surface area contributed by atoms with E-state index in [-0.39, 0.29) is 11.5 Å². The highest BCUT2D eigenvalue weighted by atomic mass is 16.5. The molecule has 5 nitrogen and oxygen atoms in total. The van der Waals surface area contributed by atoms with Gasteiger partial charge in [-0.2, -0.15) is 10.5 Å². The standard InChI is InChI=1S/C28H22N2O3/c1-18-8-4-5-9-21(18)27-22-10-6-7-11-24(22)33-28(23(27)14-19(16-29)17-30)20-12-13-25(31-2)26(15-20)32-3/h4-15,27H,1-3H3/t27-/m1/s1. The molecule has 1 aliphatic heterocycles. The molecule has 0 amide bonds. The van der Waals surface area contributed by atoms with Gasteiger partial charge in [-0.1, -0.05) is 42.5 Å². The zero-order chi connectivity index (χ0) is 23.4. The van der Waals surface area contributed by atoms with Gasteiger partial charge in [-0.25, -0.2) is 0 Å². The number of hydrogen-bond acceptors (Lipinski definition) is 5. The minimum atomic E-state index is -0.226. The Labute approximate surface area is 193 Å². The maximum Gasteiger partial charge on any atom is 0.161 e. The van der Waals surface area contributed by atoms with Gasteiger partial charge in [0, 0.05) is 22.6 Å². The second-order valence-electron chi connectivity index (χ2n) is 7.57. The molecule has 3 aromatic carbocycles. The Bertz CT molecular complexity index is 1340. The summed E-state index contributed by atoms with van der Waals surface area (Å²) in [6, 6.07) is 25.5. The van der Waals surface area contributed by atoms with Gasteiger partial charge < -0.3 is 14.2 Å². The zero-order valence-corrected chi connectivity index (χ0v) is 18.6. The molecule has 0 saturated carbocycles. The summed E-state index contributed by atoms with van der Waals surface area (Å²) in [6.45, 7) is 2.06. The van der Waals surface area contributed by atoms with Crippen LogP contribution in [0.1, 0.15) is 28.2 Å². The Morgan fingerprint density at radius 1 is 0.879 bits per heavy atom. The van der Waals surface area contributed by atoms with Gasteiger partial charge in [0.2, 0.25) is 0 Å². The van der Waals surface area contributed by atoms with Crippen LogP contribution in [0.4, 0.5) is 0 Å². The number of nitriles is 2. The predicted octanol–water partition coefficient (Wildman–Crippen LogP) is 5.92. The molecule has 0 unspecified atom stereocenters. The lowest BCUT2D eigenvalue weighted by Crippen LogP contribution is -2.16. The van der Waals surface area contributed by atoms with Gasteiger partial charge in [-0.05, 0) is 48.4 Å². The molecule has 0 aliphatic carbocycles. The van der Waals surface area contributed by atoms with Gasteiger partial charge in [-0.3, -0.25) is 0 Å². The number of aryl methyl sites for hydroxylation is 1. The number of methoxy groups -OCH3 is 2. The smallest absolute Gasteiger partial charge is 0.161 e. The Morgan fingerprint density at radius 3 is 2.21 bits per heavy atom. The van der Waals surface area contributed by atoms with E-state index in [1.54, 1.807) is 20.3 Å². The molecule has 0 bridgehead atoms. The van der Waals surface area contributed by atoms with Gasteiger partial charge in [0.1, 0.15) is 29.2 Å². The van der Waals surface area contributed by atoms with Crippen molar-refractivity contribution in [3.05, 3.63) is 106 Å². The molecule has 0 N–H and O–H groups in total. The third kappa shape index (κ3) is 4.05. The van der Waals surface area contributed by atoms with Gasteiger partial charge in [0.25, 0.3) is 0 Å². The van der Waals surface area contributed by atoms with Crippen LogP contribution in [0, 0.1) is 29.6 Å². The maximum absolute atomic E-state index is 9.53. The van der Waals surface area contributed by atoms with E-state index in [4.69, 9.17) is 14.2 Å². The fourth-order valence-corrected chi connectivity index (χ4v) is 4.12. The van der Waals surface area contributed by atoms with Crippen molar-refractivity contribution in [3.63, 3.8) is 0 Å². The molecule has 0 saturated heterocycles. The van der Waals surface area contributed by atoms with Crippen molar-refractivity contribution in [3.8, 4) is 29.4 Å². The Morgan fingerprint density at radius 2 is 1.55 bits per heavy atom. The van der Waals surface area contributed by atoms with Crippen LogP contribution in [-0.2, 0) is 0 Å². The van der Waals surface area contributed by atoms with E-state index in [1.807, 2.05) is 66.7 Å². The second-order valence-corrected chi connectivity index (χ2v) is 7.57. The summed E-state index contributed by atoms with van der Waals surface area (Å²) in [7, 11) is 3.16. The summed E-state index contributed by atoms with van der Waals surface area (Å²) < 4.78 is 17.3. The van der Waals surface area contributed by atoms with E-state index in [2.05, 4.69) is 19.1 Å². The number of ether oxygens (including phenoxy) is 3. The summed E-state index contributed by atoms with van der Waals surface area (Å²) in [4.78, 5) is 0. The Hall–Kier alpha value is -4.48. The fourth-order valence-electron chi connectivity index (χ4n) is 4.12. The summed E-state index contributed by atoms with van der Waals surface area (Å²) >= 11 is 0. The number of fused-ring (bicyclic) bond motifs is 1. The topological polar surface area (TPSA) is 75.3 Å². The van der Waals surface area contributed by atoms with Crippen molar-refractivity contribution in [2.24, 2.45) is 0 Å². The summed E-state index contributed by atoms with van der Waals surface area (Å²) in [5.74, 6) is 2.21. The maximum atomic E-state index is 9.53. The Balaban J connectivity index is 2.06. The van der Waals surface area contributed by atoms with Crippen LogP contribution in [0.15, 0.2) is 84.0 Å². The fraction of sp³-hybridized carbons (Fsp3) is 0.143. The molecule has 1 atom stereocenters. The van der Waals surface area contributed by atoms with Crippen LogP contribution in [0.3, 0.4) is 0 Å². The largest absolute Gasteiger partial charge is 0.493 e. The summed E-state index contributed by atoms with van der Waals surface area (Å²) in [5, 5.41) is 19.1. The van der Waals surface area contributed by atoms with Crippen molar-refractivity contribution in [2.45, 2.75) is 12.8 Å². The quantitative estimate of drug-likeness (QED) is 0.466. The first-order valence-electron chi connectivity index (χ1n) is 10.4. The van der Waals surface area contributed by atoms with Crippen LogP contribution in [0.25, 0.3) is 5.76 Å². The van der Waals surface area contributed by atoms with Crippen LogP contribution >= 0.6 is 0 Å². The molecule has 3 aromatic rings. The average Bonchev–Trinajstić information content (AvgIpc) is 2.86. The first kappa shape index (κ1) is 21.7. The molecule has 0 radical (unpaired) electrons. The number of benzene rings is 3. The average molecular weight is 434 g/mol. The van der Waals surface area contributed by atoms with Crippen LogP contribution in [-0.4, -0.2) is 14.2 Å². The molecule has 1 heterocycles. The highest BCUT2D eigenvalue weighted by Crippen LogP contribution is 2.47. The van der Waals surface area contributed by atoms with Crippen molar-refractivity contribution < 1.29 is 14.2 Å². The predicted molar refractivity (Wildman–Crippen MR) is 126 cm³/mol. The van der Waals surface area contributed by atoms with Crippen molar-refractivity contribution >= 4 is 5.76 Å². The number of para-hydroxylation sites is 1. The van der Waals surface area contributed by atoms with E-state index in [0.29, 0.717) is 17.3 Å². The zero-order valence-electron chi connectivity index (χ0n) is 18.6. The minimum Gasteiger partial charge on any atom is -0.493 e. The molecule has 0 aromatic heterocycles. The SMILES string of the molecule is COc1ccc(C2=C(C=C(C#N)C#N)[C@H](c3ccccc3C)c3ccccc3O2)cc1OC. The molecule has 162 valence electrons. The van der Waals surface area contributed by atoms with Crippen LogP contribution < -0.4 is 14.2 Å². The van der Waals surface area contributed by atoms with E-state index in [1.165, 1.54) is 0 Å². The second kappa shape index (κ2) is 9.34.